The zero-order valence-electron chi connectivity index (χ0n) is 23.7. The Bertz CT molecular complexity index is 1020. The Morgan fingerprint density at radius 2 is 1.50 bits per heavy atom. The van der Waals surface area contributed by atoms with E-state index in [4.69, 9.17) is 18.9 Å². The van der Waals surface area contributed by atoms with E-state index in [1.54, 1.807) is 0 Å². The first-order valence-electron chi connectivity index (χ1n) is 13.2. The molecule has 0 amide bonds. The molecule has 2 N–H and O–H groups in total. The molecule has 10 nitrogen and oxygen atoms in total. The standard InChI is InChI=1S/C28H42O10/c1-14-11-19(36-16(3)30)23-24(33)25-27(8,12-20(37-17(4)31)22(14)26(23,6)7)10-9-21(38-18(5)32)28(25,34)13-35-15(2)29/h19-21,23-25,33-34H,9-13H2,1-8H3/t19-,20-,21-,23-,24+,25-,27-,28-/m0/s1. The molecule has 0 aromatic heterocycles. The van der Waals surface area contributed by atoms with Crippen LogP contribution in [0.25, 0.3) is 0 Å². The second-order valence-corrected chi connectivity index (χ2v) is 12.1. The van der Waals surface area contributed by atoms with Crippen LogP contribution in [0.1, 0.15) is 81.1 Å². The minimum absolute atomic E-state index is 0.239. The van der Waals surface area contributed by atoms with E-state index in [9.17, 15) is 29.4 Å². The third kappa shape index (κ3) is 5.47. The van der Waals surface area contributed by atoms with Gasteiger partial charge in [0.15, 0.2) is 0 Å². The number of aliphatic hydroxyl groups is 2. The largest absolute Gasteiger partial charge is 0.463 e. The highest BCUT2D eigenvalue weighted by atomic mass is 16.6. The fourth-order valence-electron chi connectivity index (χ4n) is 7.80. The maximum atomic E-state index is 12.3. The van der Waals surface area contributed by atoms with Crippen LogP contribution < -0.4 is 0 Å². The zero-order chi connectivity index (χ0) is 28.8. The van der Waals surface area contributed by atoms with Crippen LogP contribution in [0.15, 0.2) is 11.1 Å². The fraction of sp³-hybridized carbons (Fsp3) is 0.786. The summed E-state index contributed by atoms with van der Waals surface area (Å²) in [5, 5.41) is 24.5. The van der Waals surface area contributed by atoms with Crippen molar-refractivity contribution in [2.45, 2.75) is 111 Å². The van der Waals surface area contributed by atoms with E-state index in [1.165, 1.54) is 27.7 Å². The number of rotatable bonds is 5. The molecule has 38 heavy (non-hydrogen) atoms. The molecular weight excluding hydrogens is 496 g/mol. The third-order valence-electron chi connectivity index (χ3n) is 8.84. The van der Waals surface area contributed by atoms with Crippen LogP contribution in [-0.4, -0.2) is 70.7 Å². The van der Waals surface area contributed by atoms with Gasteiger partial charge in [-0.05, 0) is 42.6 Å². The van der Waals surface area contributed by atoms with Gasteiger partial charge < -0.3 is 29.2 Å². The lowest BCUT2D eigenvalue weighted by Gasteiger charge is -2.61. The summed E-state index contributed by atoms with van der Waals surface area (Å²) in [6.07, 6.45) is -2.45. The summed E-state index contributed by atoms with van der Waals surface area (Å²) in [7, 11) is 0. The van der Waals surface area contributed by atoms with E-state index in [0.717, 1.165) is 11.1 Å². The van der Waals surface area contributed by atoms with Crippen LogP contribution >= 0.6 is 0 Å². The Labute approximate surface area is 224 Å². The normalized spacial score (nSPS) is 38.2. The highest BCUT2D eigenvalue weighted by molar-refractivity contribution is 5.68. The average molecular weight is 539 g/mol. The van der Waals surface area contributed by atoms with Gasteiger partial charge in [-0.15, -0.1) is 0 Å². The van der Waals surface area contributed by atoms with E-state index in [2.05, 4.69) is 0 Å². The van der Waals surface area contributed by atoms with Crippen molar-refractivity contribution in [1.82, 2.24) is 0 Å². The van der Waals surface area contributed by atoms with Crippen LogP contribution in [0.2, 0.25) is 0 Å². The minimum Gasteiger partial charge on any atom is -0.463 e. The van der Waals surface area contributed by atoms with Gasteiger partial charge in [-0.1, -0.05) is 26.3 Å². The predicted octanol–water partition coefficient (Wildman–Crippen LogP) is 2.62. The molecule has 3 rings (SSSR count). The van der Waals surface area contributed by atoms with Crippen molar-refractivity contribution in [1.29, 1.82) is 0 Å². The van der Waals surface area contributed by atoms with E-state index < -0.39 is 83.2 Å². The molecule has 0 saturated heterocycles. The fourth-order valence-corrected chi connectivity index (χ4v) is 7.80. The monoisotopic (exact) mass is 538 g/mol. The predicted molar refractivity (Wildman–Crippen MR) is 134 cm³/mol. The Morgan fingerprint density at radius 3 is 2.03 bits per heavy atom. The first kappa shape index (κ1) is 30.1. The summed E-state index contributed by atoms with van der Waals surface area (Å²) < 4.78 is 22.5. The summed E-state index contributed by atoms with van der Waals surface area (Å²) in [6, 6.07) is 0. The smallest absolute Gasteiger partial charge is 0.303 e. The van der Waals surface area contributed by atoms with Crippen LogP contribution in [0.5, 0.6) is 0 Å². The molecule has 0 radical (unpaired) electrons. The maximum absolute atomic E-state index is 12.3. The van der Waals surface area contributed by atoms with Gasteiger partial charge in [-0.25, -0.2) is 0 Å². The number of hydrogen-bond donors (Lipinski definition) is 2. The first-order chi connectivity index (χ1) is 17.4. The maximum Gasteiger partial charge on any atom is 0.303 e. The lowest BCUT2D eigenvalue weighted by atomic mass is 9.47. The summed E-state index contributed by atoms with van der Waals surface area (Å²) >= 11 is 0. The van der Waals surface area contributed by atoms with Gasteiger partial charge >= 0.3 is 23.9 Å². The second-order valence-electron chi connectivity index (χ2n) is 12.1. The van der Waals surface area contributed by atoms with Crippen molar-refractivity contribution in [3.8, 4) is 0 Å². The van der Waals surface area contributed by atoms with E-state index >= 15 is 0 Å². The quantitative estimate of drug-likeness (QED) is 0.304. The number of ether oxygens (including phenoxy) is 4. The van der Waals surface area contributed by atoms with E-state index in [1.807, 2.05) is 27.7 Å². The van der Waals surface area contributed by atoms with Gasteiger partial charge in [0.25, 0.3) is 0 Å². The van der Waals surface area contributed by atoms with Crippen LogP contribution in [-0.2, 0) is 38.1 Å². The Hall–Kier alpha value is -2.46. The van der Waals surface area contributed by atoms with Gasteiger partial charge in [0.05, 0.1) is 6.10 Å². The van der Waals surface area contributed by atoms with Crippen molar-refractivity contribution in [3.05, 3.63) is 11.1 Å². The average Bonchev–Trinajstić information content (AvgIpc) is 2.72. The molecule has 0 unspecified atom stereocenters. The number of carbonyl (C=O) groups excluding carboxylic acids is 4. The molecule has 2 fully saturated rings. The molecule has 10 heteroatoms. The molecule has 0 aliphatic heterocycles. The third-order valence-corrected chi connectivity index (χ3v) is 8.84. The van der Waals surface area contributed by atoms with Crippen molar-refractivity contribution in [3.63, 3.8) is 0 Å². The van der Waals surface area contributed by atoms with Gasteiger partial charge in [-0.2, -0.15) is 0 Å². The highest BCUT2D eigenvalue weighted by Gasteiger charge is 2.66. The summed E-state index contributed by atoms with van der Waals surface area (Å²) in [4.78, 5) is 48.3. The van der Waals surface area contributed by atoms with Gasteiger partial charge in [-0.3, -0.25) is 19.2 Å². The summed E-state index contributed by atoms with van der Waals surface area (Å²) in [6.45, 7) is 12.2. The molecular formula is C28H42O10. The summed E-state index contributed by atoms with van der Waals surface area (Å²) in [5.41, 5.74) is -1.84. The van der Waals surface area contributed by atoms with Gasteiger partial charge in [0.2, 0.25) is 0 Å². The van der Waals surface area contributed by atoms with Crippen molar-refractivity contribution >= 4 is 23.9 Å². The van der Waals surface area contributed by atoms with Crippen molar-refractivity contribution in [2.24, 2.45) is 22.7 Å². The highest BCUT2D eigenvalue weighted by Crippen LogP contribution is 2.61. The number of esters is 4. The summed E-state index contributed by atoms with van der Waals surface area (Å²) in [5.74, 6) is -3.93. The van der Waals surface area contributed by atoms with Crippen molar-refractivity contribution in [2.75, 3.05) is 6.61 Å². The second kappa shape index (κ2) is 10.6. The molecule has 2 bridgehead atoms. The van der Waals surface area contributed by atoms with Crippen molar-refractivity contribution < 1.29 is 48.3 Å². The van der Waals surface area contributed by atoms with Crippen LogP contribution in [0.4, 0.5) is 0 Å². The van der Waals surface area contributed by atoms with Crippen LogP contribution in [0, 0.1) is 22.7 Å². The molecule has 8 atom stereocenters. The Kier molecular flexibility index (Phi) is 8.39. The molecule has 2 saturated carbocycles. The number of hydrogen-bond acceptors (Lipinski definition) is 10. The molecule has 3 aliphatic rings. The molecule has 214 valence electrons. The molecule has 0 spiro atoms. The number of carbonyl (C=O) groups is 4. The SMILES string of the molecule is CC(=O)OC[C@]1(O)[C@@H](OC(C)=O)CC[C@@]2(C)C[C@H](OC(C)=O)C3=C(C)C[C@H](OC(C)=O)[C@@H]([C@@H](O)[C@@H]21)C3(C)C. The van der Waals surface area contributed by atoms with Gasteiger partial charge in [0.1, 0.15) is 30.5 Å². The lowest BCUT2D eigenvalue weighted by Crippen LogP contribution is -2.69. The number of fused-ring (bicyclic) bond motifs is 3. The topological polar surface area (TPSA) is 146 Å². The molecule has 0 aromatic rings. The molecule has 3 aliphatic carbocycles. The molecule has 0 heterocycles. The molecule has 0 aromatic carbocycles. The number of aliphatic hydroxyl groups excluding tert-OH is 1. The van der Waals surface area contributed by atoms with Crippen LogP contribution in [0.3, 0.4) is 0 Å². The Balaban J connectivity index is 2.28. The van der Waals surface area contributed by atoms with E-state index in [-0.39, 0.29) is 12.8 Å². The first-order valence-corrected chi connectivity index (χ1v) is 13.2. The van der Waals surface area contributed by atoms with E-state index in [0.29, 0.717) is 12.8 Å². The Morgan fingerprint density at radius 1 is 0.921 bits per heavy atom. The zero-order valence-corrected chi connectivity index (χ0v) is 23.7. The minimum atomic E-state index is -1.96. The lowest BCUT2D eigenvalue weighted by molar-refractivity contribution is -0.257. The van der Waals surface area contributed by atoms with Gasteiger partial charge in [0, 0.05) is 46.0 Å².